The monoisotopic (exact) mass is 582 g/mol. The number of hydrogen-bond donors (Lipinski definition) is 2. The van der Waals surface area contributed by atoms with Gasteiger partial charge in [0.1, 0.15) is 17.1 Å². The van der Waals surface area contributed by atoms with Crippen LogP contribution in [0.1, 0.15) is 49.3 Å². The summed E-state index contributed by atoms with van der Waals surface area (Å²) >= 11 is 3.48. The van der Waals surface area contributed by atoms with Gasteiger partial charge in [0, 0.05) is 34.1 Å². The minimum atomic E-state index is -0.884. The van der Waals surface area contributed by atoms with Crippen LogP contribution in [0.2, 0.25) is 0 Å². The van der Waals surface area contributed by atoms with E-state index in [2.05, 4.69) is 21.2 Å². The molecule has 38 heavy (non-hydrogen) atoms. The molecule has 0 aromatic heterocycles. The SMILES string of the molecule is COC(=O)C1=C(N)OC2=C(C(=O)CC(C)(C)C2)C1c1cc(Br)ccc1OCC(=O)Nc1cc(C)cc(C)c1. The second kappa shape index (κ2) is 10.6. The summed E-state index contributed by atoms with van der Waals surface area (Å²) in [4.78, 5) is 39.1. The van der Waals surface area contributed by atoms with Crippen molar-refractivity contribution in [2.24, 2.45) is 11.1 Å². The average Bonchev–Trinajstić information content (AvgIpc) is 2.80. The lowest BCUT2D eigenvalue weighted by atomic mass is 9.70. The van der Waals surface area contributed by atoms with Crippen LogP contribution in [0.5, 0.6) is 5.75 Å². The smallest absolute Gasteiger partial charge is 0.340 e. The van der Waals surface area contributed by atoms with Crippen molar-refractivity contribution < 1.29 is 28.6 Å². The fourth-order valence-electron chi connectivity index (χ4n) is 5.07. The van der Waals surface area contributed by atoms with Crippen LogP contribution >= 0.6 is 15.9 Å². The number of allylic oxidation sites excluding steroid dienone is 2. The molecule has 0 saturated heterocycles. The Hall–Kier alpha value is -3.59. The summed E-state index contributed by atoms with van der Waals surface area (Å²) in [5.74, 6) is -1.46. The number of nitrogens with one attached hydrogen (secondary N) is 1. The second-order valence-corrected chi connectivity index (χ2v) is 11.4. The van der Waals surface area contributed by atoms with E-state index >= 15 is 0 Å². The Morgan fingerprint density at radius 3 is 2.47 bits per heavy atom. The Labute approximate surface area is 230 Å². The maximum absolute atomic E-state index is 13.4. The van der Waals surface area contributed by atoms with Crippen LogP contribution in [0.25, 0.3) is 0 Å². The van der Waals surface area contributed by atoms with Crippen molar-refractivity contribution >= 4 is 39.3 Å². The Morgan fingerprint density at radius 2 is 1.82 bits per heavy atom. The van der Waals surface area contributed by atoms with Gasteiger partial charge in [-0.2, -0.15) is 0 Å². The number of hydrogen-bond acceptors (Lipinski definition) is 7. The van der Waals surface area contributed by atoms with Crippen LogP contribution in [-0.4, -0.2) is 31.4 Å². The molecule has 1 heterocycles. The zero-order valence-corrected chi connectivity index (χ0v) is 23.7. The summed E-state index contributed by atoms with van der Waals surface area (Å²) in [7, 11) is 1.24. The van der Waals surface area contributed by atoms with Crippen molar-refractivity contribution in [1.29, 1.82) is 0 Å². The van der Waals surface area contributed by atoms with Crippen LogP contribution in [0.15, 0.2) is 63.7 Å². The van der Waals surface area contributed by atoms with E-state index in [1.54, 1.807) is 18.2 Å². The number of rotatable bonds is 6. The van der Waals surface area contributed by atoms with Gasteiger partial charge in [0.2, 0.25) is 5.88 Å². The standard InChI is InChI=1S/C29H31BrN2O6/c1-15-8-16(2)10-18(9-15)32-23(34)14-37-21-7-6-17(30)11-19(21)24-25-20(33)12-29(3,4)13-22(25)38-27(31)26(24)28(35)36-5/h6-11,24H,12-14,31H2,1-5H3,(H,32,34). The highest BCUT2D eigenvalue weighted by molar-refractivity contribution is 9.10. The molecule has 0 spiro atoms. The lowest BCUT2D eigenvalue weighted by molar-refractivity contribution is -0.136. The van der Waals surface area contributed by atoms with Crippen LogP contribution in [0, 0.1) is 19.3 Å². The van der Waals surface area contributed by atoms with Crippen molar-refractivity contribution in [3.05, 3.63) is 80.3 Å². The van der Waals surface area contributed by atoms with Crippen molar-refractivity contribution in [2.75, 3.05) is 19.0 Å². The molecule has 2 aromatic rings. The predicted octanol–water partition coefficient (Wildman–Crippen LogP) is 5.18. The number of benzene rings is 2. The lowest BCUT2D eigenvalue weighted by Crippen LogP contribution is -2.35. The Bertz CT molecular complexity index is 1370. The Morgan fingerprint density at radius 1 is 1.13 bits per heavy atom. The van der Waals surface area contributed by atoms with E-state index in [9.17, 15) is 14.4 Å². The molecule has 2 aliphatic rings. The number of esters is 1. The number of Topliss-reactive ketones (excluding diaryl/α,β-unsaturated/α-hetero) is 1. The van der Waals surface area contributed by atoms with E-state index < -0.39 is 11.9 Å². The third kappa shape index (κ3) is 5.78. The molecule has 1 unspecified atom stereocenters. The van der Waals surface area contributed by atoms with Crippen LogP contribution in [-0.2, 0) is 23.9 Å². The van der Waals surface area contributed by atoms with Crippen LogP contribution < -0.4 is 15.8 Å². The van der Waals surface area contributed by atoms with E-state index in [-0.39, 0.29) is 41.6 Å². The molecule has 0 radical (unpaired) electrons. The number of carbonyl (C=O) groups excluding carboxylic acids is 3. The molecular weight excluding hydrogens is 552 g/mol. The Kier molecular flexibility index (Phi) is 7.69. The van der Waals surface area contributed by atoms with Crippen molar-refractivity contribution in [3.63, 3.8) is 0 Å². The van der Waals surface area contributed by atoms with Gasteiger partial charge < -0.3 is 25.3 Å². The van der Waals surface area contributed by atoms with E-state index in [1.165, 1.54) is 7.11 Å². The number of methoxy groups -OCH3 is 1. The highest BCUT2D eigenvalue weighted by Gasteiger charge is 2.45. The number of halogens is 1. The number of nitrogens with two attached hydrogens (primary N) is 1. The van der Waals surface area contributed by atoms with Gasteiger partial charge in [-0.15, -0.1) is 0 Å². The molecule has 0 saturated carbocycles. The Balaban J connectivity index is 1.71. The molecule has 1 aliphatic carbocycles. The fraction of sp³-hybridized carbons (Fsp3) is 0.345. The van der Waals surface area contributed by atoms with Gasteiger partial charge in [-0.1, -0.05) is 35.8 Å². The maximum Gasteiger partial charge on any atom is 0.340 e. The second-order valence-electron chi connectivity index (χ2n) is 10.5. The van der Waals surface area contributed by atoms with Gasteiger partial charge >= 0.3 is 5.97 Å². The van der Waals surface area contributed by atoms with E-state index in [0.717, 1.165) is 11.1 Å². The molecule has 4 rings (SSSR count). The number of ketones is 1. The molecule has 9 heteroatoms. The first-order valence-corrected chi connectivity index (χ1v) is 13.0. The van der Waals surface area contributed by atoms with Crippen molar-refractivity contribution in [2.45, 2.75) is 46.5 Å². The van der Waals surface area contributed by atoms with Gasteiger partial charge in [-0.3, -0.25) is 9.59 Å². The first kappa shape index (κ1) is 27.4. The van der Waals surface area contributed by atoms with Crippen molar-refractivity contribution in [1.82, 2.24) is 0 Å². The summed E-state index contributed by atoms with van der Waals surface area (Å²) in [6, 6.07) is 11.0. The highest BCUT2D eigenvalue weighted by Crippen LogP contribution is 2.50. The number of aryl methyl sites for hydroxylation is 2. The molecule has 8 nitrogen and oxygen atoms in total. The first-order valence-electron chi connectivity index (χ1n) is 12.2. The third-order valence-electron chi connectivity index (χ3n) is 6.51. The molecule has 1 atom stereocenters. The van der Waals surface area contributed by atoms with Crippen LogP contribution in [0.4, 0.5) is 5.69 Å². The van der Waals surface area contributed by atoms with Gasteiger partial charge in [-0.05, 0) is 60.7 Å². The summed E-state index contributed by atoms with van der Waals surface area (Å²) in [5, 5.41) is 2.85. The number of ether oxygens (including phenoxy) is 3. The molecule has 2 aromatic carbocycles. The maximum atomic E-state index is 13.4. The molecular formula is C29H31BrN2O6. The molecule has 0 fully saturated rings. The summed E-state index contributed by atoms with van der Waals surface area (Å²) < 4.78 is 17.5. The predicted molar refractivity (Wildman–Crippen MR) is 146 cm³/mol. The zero-order valence-electron chi connectivity index (χ0n) is 22.1. The summed E-state index contributed by atoms with van der Waals surface area (Å²) in [6.07, 6.45) is 0.755. The number of anilines is 1. The van der Waals surface area contributed by atoms with E-state index in [1.807, 2.05) is 45.9 Å². The minimum absolute atomic E-state index is 0.0157. The largest absolute Gasteiger partial charge is 0.483 e. The fourth-order valence-corrected chi connectivity index (χ4v) is 5.45. The van der Waals surface area contributed by atoms with Crippen LogP contribution in [0.3, 0.4) is 0 Å². The number of carbonyl (C=O) groups is 3. The highest BCUT2D eigenvalue weighted by atomic mass is 79.9. The zero-order chi connectivity index (χ0) is 27.8. The topological polar surface area (TPSA) is 117 Å². The minimum Gasteiger partial charge on any atom is -0.483 e. The van der Waals surface area contributed by atoms with Gasteiger partial charge in [0.15, 0.2) is 12.4 Å². The van der Waals surface area contributed by atoms with Gasteiger partial charge in [0.05, 0.1) is 13.0 Å². The number of amides is 1. The average molecular weight is 583 g/mol. The normalized spacial score (nSPS) is 18.5. The molecule has 1 aliphatic heterocycles. The molecule has 1 amide bonds. The van der Waals surface area contributed by atoms with Gasteiger partial charge in [-0.25, -0.2) is 4.79 Å². The third-order valence-corrected chi connectivity index (χ3v) is 7.00. The molecule has 3 N–H and O–H groups in total. The van der Waals surface area contributed by atoms with E-state index in [4.69, 9.17) is 19.9 Å². The lowest BCUT2D eigenvalue weighted by Gasteiger charge is -2.38. The quantitative estimate of drug-likeness (QED) is 0.450. The summed E-state index contributed by atoms with van der Waals surface area (Å²) in [5.41, 5.74) is 9.50. The molecule has 200 valence electrons. The molecule has 0 bridgehead atoms. The van der Waals surface area contributed by atoms with Crippen molar-refractivity contribution in [3.8, 4) is 5.75 Å². The summed E-state index contributed by atoms with van der Waals surface area (Å²) in [6.45, 7) is 7.58. The van der Waals surface area contributed by atoms with E-state index in [0.29, 0.717) is 39.2 Å². The first-order chi connectivity index (χ1) is 17.9. The van der Waals surface area contributed by atoms with Gasteiger partial charge in [0.25, 0.3) is 5.91 Å².